The molecule has 2 atom stereocenters. The van der Waals surface area contributed by atoms with E-state index in [0.29, 0.717) is 19.1 Å². The van der Waals surface area contributed by atoms with Gasteiger partial charge in [0.1, 0.15) is 0 Å². The van der Waals surface area contributed by atoms with Crippen molar-refractivity contribution in [3.8, 4) is 0 Å². The van der Waals surface area contributed by atoms with Gasteiger partial charge in [0.25, 0.3) is 0 Å². The van der Waals surface area contributed by atoms with Crippen LogP contribution in [0.25, 0.3) is 0 Å². The van der Waals surface area contributed by atoms with Crippen LogP contribution in [-0.4, -0.2) is 95.7 Å². The van der Waals surface area contributed by atoms with Gasteiger partial charge >= 0.3 is 0 Å². The molecule has 1 aromatic rings. The molecule has 2 aliphatic heterocycles. The fraction of sp³-hybridized carbons (Fsp3) is 0.682. The Kier molecular flexibility index (Phi) is 12.4. The van der Waals surface area contributed by atoms with E-state index >= 15 is 0 Å². The molecule has 0 spiro atoms. The monoisotopic (exact) mass is 566 g/mol. The van der Waals surface area contributed by atoms with Gasteiger partial charge in [-0.15, -0.1) is 24.0 Å². The summed E-state index contributed by atoms with van der Waals surface area (Å²) < 4.78 is 16.3. The van der Waals surface area contributed by atoms with Crippen LogP contribution < -0.4 is 5.32 Å². The summed E-state index contributed by atoms with van der Waals surface area (Å²) in [7, 11) is 3.55. The fourth-order valence-corrected chi connectivity index (χ4v) is 4.41. The average molecular weight is 567 g/mol. The van der Waals surface area contributed by atoms with Gasteiger partial charge in [-0.1, -0.05) is 29.8 Å². The number of halogens is 2. The van der Waals surface area contributed by atoms with Gasteiger partial charge in [-0.25, -0.2) is 0 Å². The lowest BCUT2D eigenvalue weighted by Crippen LogP contribution is -2.47. The van der Waals surface area contributed by atoms with E-state index in [-0.39, 0.29) is 30.0 Å². The zero-order chi connectivity index (χ0) is 21.2. The van der Waals surface area contributed by atoms with Crippen LogP contribution in [0.5, 0.6) is 0 Å². The topological polar surface area (TPSA) is 58.6 Å². The minimum absolute atomic E-state index is 0. The van der Waals surface area contributed by atoms with Crippen molar-refractivity contribution in [2.45, 2.75) is 12.5 Å². The quantitative estimate of drug-likeness (QED) is 0.215. The fourth-order valence-electron chi connectivity index (χ4n) is 4.14. The molecule has 0 radical (unpaired) electrons. The van der Waals surface area contributed by atoms with Crippen molar-refractivity contribution in [2.24, 2.45) is 10.9 Å². The van der Waals surface area contributed by atoms with Crippen LogP contribution in [0.15, 0.2) is 29.3 Å². The van der Waals surface area contributed by atoms with Crippen molar-refractivity contribution in [3.63, 3.8) is 0 Å². The number of nitrogens with zero attached hydrogens (tertiary/aromatic N) is 3. The van der Waals surface area contributed by atoms with Crippen LogP contribution in [0.2, 0.25) is 5.02 Å². The van der Waals surface area contributed by atoms with E-state index in [9.17, 15) is 0 Å². The van der Waals surface area contributed by atoms with Crippen molar-refractivity contribution in [3.05, 3.63) is 34.9 Å². The molecule has 2 unspecified atom stereocenters. The van der Waals surface area contributed by atoms with Crippen molar-refractivity contribution in [1.82, 2.24) is 15.1 Å². The van der Waals surface area contributed by atoms with Crippen LogP contribution in [0, 0.1) is 5.92 Å². The normalized spacial score (nSPS) is 21.1. The summed E-state index contributed by atoms with van der Waals surface area (Å²) in [6, 6.07) is 8.30. The number of morpholine rings is 1. The Labute approximate surface area is 208 Å². The minimum atomic E-state index is 0. The third kappa shape index (κ3) is 8.01. The molecule has 1 N–H and O–H groups in total. The smallest absolute Gasteiger partial charge is 0.193 e. The molecule has 7 nitrogen and oxygen atoms in total. The molecular formula is C22H36ClIN4O3. The number of ether oxygens (including phenoxy) is 3. The standard InChI is InChI=1S/C22H35ClN4O3.HI/c1-24-22(27-8-7-18(16-27)17-30-14-13-28-2)25-15-21(26-9-11-29-12-10-26)19-5-3-4-6-20(19)23;/h3-6,18,21H,7-17H2,1-2H3,(H,24,25);1H. The van der Waals surface area contributed by atoms with Crippen LogP contribution in [-0.2, 0) is 14.2 Å². The Bertz CT molecular complexity index is 676. The van der Waals surface area contributed by atoms with Gasteiger partial charge in [-0.3, -0.25) is 9.89 Å². The van der Waals surface area contributed by atoms with Crippen LogP contribution >= 0.6 is 35.6 Å². The summed E-state index contributed by atoms with van der Waals surface area (Å²) in [5.74, 6) is 1.47. The summed E-state index contributed by atoms with van der Waals surface area (Å²) in [6.07, 6.45) is 1.12. The number of benzene rings is 1. The minimum Gasteiger partial charge on any atom is -0.382 e. The molecule has 3 rings (SSSR count). The molecule has 0 saturated carbocycles. The highest BCUT2D eigenvalue weighted by Gasteiger charge is 2.28. The molecule has 0 aromatic heterocycles. The third-order valence-electron chi connectivity index (χ3n) is 5.79. The Balaban J connectivity index is 0.00000341. The molecular weight excluding hydrogens is 531 g/mol. The molecule has 2 fully saturated rings. The highest BCUT2D eigenvalue weighted by molar-refractivity contribution is 14.0. The summed E-state index contributed by atoms with van der Waals surface area (Å²) in [4.78, 5) is 9.31. The Morgan fingerprint density at radius 3 is 2.74 bits per heavy atom. The van der Waals surface area contributed by atoms with Gasteiger partial charge in [0.2, 0.25) is 0 Å². The highest BCUT2D eigenvalue weighted by atomic mass is 127. The number of hydrogen-bond acceptors (Lipinski definition) is 5. The van der Waals surface area contributed by atoms with Gasteiger partial charge in [0, 0.05) is 57.8 Å². The van der Waals surface area contributed by atoms with E-state index in [2.05, 4.69) is 32.2 Å². The molecule has 0 bridgehead atoms. The van der Waals surface area contributed by atoms with Crippen molar-refractivity contribution >= 4 is 41.5 Å². The van der Waals surface area contributed by atoms with Crippen molar-refractivity contribution in [2.75, 3.05) is 79.9 Å². The summed E-state index contributed by atoms with van der Waals surface area (Å²) in [5, 5.41) is 4.41. The van der Waals surface area contributed by atoms with E-state index in [1.165, 1.54) is 0 Å². The van der Waals surface area contributed by atoms with Gasteiger partial charge in [-0.2, -0.15) is 0 Å². The predicted molar refractivity (Wildman–Crippen MR) is 136 cm³/mol. The molecule has 1 aromatic carbocycles. The second-order valence-electron chi connectivity index (χ2n) is 7.78. The Hall–Kier alpha value is -0.650. The number of likely N-dealkylation sites (tertiary alicyclic amines) is 1. The number of hydrogen-bond donors (Lipinski definition) is 1. The molecule has 0 amide bonds. The lowest BCUT2D eigenvalue weighted by atomic mass is 10.0. The van der Waals surface area contributed by atoms with E-state index < -0.39 is 0 Å². The Morgan fingerprint density at radius 2 is 2.03 bits per heavy atom. The van der Waals surface area contributed by atoms with Gasteiger partial charge in [-0.05, 0) is 18.1 Å². The number of methoxy groups -OCH3 is 1. The lowest BCUT2D eigenvalue weighted by Gasteiger charge is -2.36. The van der Waals surface area contributed by atoms with E-state index in [4.69, 9.17) is 25.8 Å². The van der Waals surface area contributed by atoms with Crippen molar-refractivity contribution < 1.29 is 14.2 Å². The average Bonchev–Trinajstić information content (AvgIpc) is 3.24. The number of rotatable bonds is 9. The molecule has 176 valence electrons. The molecule has 2 heterocycles. The maximum absolute atomic E-state index is 6.56. The second-order valence-corrected chi connectivity index (χ2v) is 8.19. The first-order valence-electron chi connectivity index (χ1n) is 10.8. The van der Waals surface area contributed by atoms with Gasteiger partial charge < -0.3 is 24.4 Å². The molecule has 31 heavy (non-hydrogen) atoms. The van der Waals surface area contributed by atoms with E-state index in [1.54, 1.807) is 7.11 Å². The van der Waals surface area contributed by atoms with Gasteiger partial charge in [0.05, 0.1) is 39.1 Å². The van der Waals surface area contributed by atoms with Gasteiger partial charge in [0.15, 0.2) is 5.96 Å². The first kappa shape index (κ1) is 26.6. The van der Waals surface area contributed by atoms with E-state index in [0.717, 1.165) is 75.5 Å². The lowest BCUT2D eigenvalue weighted by molar-refractivity contribution is 0.0169. The van der Waals surface area contributed by atoms with E-state index in [1.807, 2.05) is 19.2 Å². The summed E-state index contributed by atoms with van der Waals surface area (Å²) in [6.45, 7) is 8.09. The zero-order valence-corrected chi connectivity index (χ0v) is 21.7. The largest absolute Gasteiger partial charge is 0.382 e. The molecule has 0 aliphatic carbocycles. The maximum atomic E-state index is 6.56. The highest BCUT2D eigenvalue weighted by Crippen LogP contribution is 2.28. The number of guanidine groups is 1. The van der Waals surface area contributed by atoms with Crippen LogP contribution in [0.4, 0.5) is 0 Å². The zero-order valence-electron chi connectivity index (χ0n) is 18.6. The number of nitrogens with one attached hydrogen (secondary N) is 1. The summed E-state index contributed by atoms with van der Waals surface area (Å²) in [5.41, 5.74) is 1.15. The number of aliphatic imine (C=N–C) groups is 1. The first-order valence-corrected chi connectivity index (χ1v) is 11.2. The predicted octanol–water partition coefficient (Wildman–Crippen LogP) is 2.89. The molecule has 2 saturated heterocycles. The second kappa shape index (κ2) is 14.5. The van der Waals surface area contributed by atoms with Crippen LogP contribution in [0.3, 0.4) is 0 Å². The maximum Gasteiger partial charge on any atom is 0.193 e. The van der Waals surface area contributed by atoms with Crippen molar-refractivity contribution in [1.29, 1.82) is 0 Å². The molecule has 9 heteroatoms. The SMILES string of the molecule is CN=C(NCC(c1ccccc1Cl)N1CCOCC1)N1CCC(COCCOC)C1.I. The first-order chi connectivity index (χ1) is 14.7. The Morgan fingerprint density at radius 1 is 1.26 bits per heavy atom. The molecule has 2 aliphatic rings. The third-order valence-corrected chi connectivity index (χ3v) is 6.13. The van der Waals surface area contributed by atoms with Crippen LogP contribution in [0.1, 0.15) is 18.0 Å². The summed E-state index contributed by atoms with van der Waals surface area (Å²) >= 11 is 6.56.